The number of nitrogens with one attached hydrogen (secondary N) is 1. The molecule has 1 N–H and O–H groups in total. The van der Waals surface area contributed by atoms with Crippen LogP contribution in [-0.2, 0) is 6.54 Å². The molecule has 0 atom stereocenters. The molecule has 2 aromatic rings. The average Bonchev–Trinajstić information content (AvgIpc) is 2.86. The standard InChI is InChI=1S/C16H19ClF3N3S2/c1-23(11-16(18,19)20)9-5-8-21-10-13-14(17)22-15(25-13)24-12-6-3-2-4-7-12/h2-4,6-7,21H,5,8-11H2,1H3. The van der Waals surface area contributed by atoms with E-state index in [0.717, 1.165) is 14.1 Å². The Morgan fingerprint density at radius 3 is 2.68 bits per heavy atom. The maximum Gasteiger partial charge on any atom is 0.401 e. The minimum Gasteiger partial charge on any atom is -0.312 e. The van der Waals surface area contributed by atoms with Crippen LogP contribution in [0.15, 0.2) is 39.6 Å². The maximum absolute atomic E-state index is 12.2. The van der Waals surface area contributed by atoms with Gasteiger partial charge in [-0.05, 0) is 38.7 Å². The van der Waals surface area contributed by atoms with Gasteiger partial charge in [0, 0.05) is 11.4 Å². The van der Waals surface area contributed by atoms with Crippen LogP contribution in [0.4, 0.5) is 13.2 Å². The van der Waals surface area contributed by atoms with E-state index in [2.05, 4.69) is 10.3 Å². The third kappa shape index (κ3) is 7.96. The van der Waals surface area contributed by atoms with Gasteiger partial charge in [0.05, 0.1) is 11.4 Å². The minimum atomic E-state index is -4.15. The van der Waals surface area contributed by atoms with Crippen LogP contribution in [0.25, 0.3) is 0 Å². The van der Waals surface area contributed by atoms with Gasteiger partial charge in [-0.15, -0.1) is 11.3 Å². The number of aromatic nitrogens is 1. The number of benzene rings is 1. The fourth-order valence-electron chi connectivity index (χ4n) is 2.12. The molecule has 3 nitrogen and oxygen atoms in total. The summed E-state index contributed by atoms with van der Waals surface area (Å²) >= 11 is 9.24. The van der Waals surface area contributed by atoms with Crippen molar-refractivity contribution in [2.45, 2.75) is 28.4 Å². The smallest absolute Gasteiger partial charge is 0.312 e. The van der Waals surface area contributed by atoms with Crippen LogP contribution in [0.5, 0.6) is 0 Å². The molecular formula is C16H19ClF3N3S2. The van der Waals surface area contributed by atoms with Crippen molar-refractivity contribution in [3.63, 3.8) is 0 Å². The summed E-state index contributed by atoms with van der Waals surface area (Å²) in [5.41, 5.74) is 0. The molecule has 0 aliphatic carbocycles. The highest BCUT2D eigenvalue weighted by atomic mass is 35.5. The zero-order valence-electron chi connectivity index (χ0n) is 13.6. The van der Waals surface area contributed by atoms with Gasteiger partial charge >= 0.3 is 6.18 Å². The molecule has 0 saturated carbocycles. The quantitative estimate of drug-likeness (QED) is 0.595. The van der Waals surface area contributed by atoms with E-state index in [-0.39, 0.29) is 0 Å². The van der Waals surface area contributed by atoms with E-state index in [1.807, 2.05) is 30.3 Å². The molecule has 1 aromatic carbocycles. The van der Waals surface area contributed by atoms with Crippen LogP contribution in [0.1, 0.15) is 11.3 Å². The molecule has 9 heteroatoms. The average molecular weight is 410 g/mol. The normalized spacial score (nSPS) is 12.1. The van der Waals surface area contributed by atoms with Gasteiger partial charge in [-0.3, -0.25) is 4.90 Å². The van der Waals surface area contributed by atoms with Gasteiger partial charge in [0.15, 0.2) is 4.34 Å². The Kier molecular flexibility index (Phi) is 8.02. The molecule has 0 spiro atoms. The van der Waals surface area contributed by atoms with Gasteiger partial charge in [-0.2, -0.15) is 13.2 Å². The number of hydrogen-bond donors (Lipinski definition) is 1. The van der Waals surface area contributed by atoms with Crippen LogP contribution < -0.4 is 5.32 Å². The van der Waals surface area contributed by atoms with Gasteiger partial charge in [0.1, 0.15) is 5.15 Å². The molecule has 0 aliphatic heterocycles. The fourth-order valence-corrected chi connectivity index (χ4v) is 4.52. The zero-order valence-corrected chi connectivity index (χ0v) is 16.0. The lowest BCUT2D eigenvalue weighted by molar-refractivity contribution is -0.143. The van der Waals surface area contributed by atoms with E-state index >= 15 is 0 Å². The predicted octanol–water partition coefficient (Wildman–Crippen LogP) is 4.92. The highest BCUT2D eigenvalue weighted by molar-refractivity contribution is 8.01. The molecule has 138 valence electrons. The molecule has 0 unspecified atom stereocenters. The van der Waals surface area contributed by atoms with Crippen LogP contribution in [0.2, 0.25) is 5.15 Å². The van der Waals surface area contributed by atoms with Crippen molar-refractivity contribution in [2.75, 3.05) is 26.7 Å². The van der Waals surface area contributed by atoms with Crippen molar-refractivity contribution in [3.05, 3.63) is 40.4 Å². The van der Waals surface area contributed by atoms with Crippen molar-refractivity contribution >= 4 is 34.7 Å². The molecule has 1 aromatic heterocycles. The number of nitrogens with zero attached hydrogens (tertiary/aromatic N) is 2. The Morgan fingerprint density at radius 1 is 1.28 bits per heavy atom. The van der Waals surface area contributed by atoms with E-state index < -0.39 is 12.7 Å². The van der Waals surface area contributed by atoms with Gasteiger partial charge in [-0.1, -0.05) is 41.6 Å². The second kappa shape index (κ2) is 9.78. The molecule has 0 amide bonds. The van der Waals surface area contributed by atoms with Crippen LogP contribution in [0, 0.1) is 0 Å². The van der Waals surface area contributed by atoms with E-state index in [4.69, 9.17) is 11.6 Å². The lowest BCUT2D eigenvalue weighted by Gasteiger charge is -2.18. The fraction of sp³-hybridized carbons (Fsp3) is 0.438. The minimum absolute atomic E-state index is 0.387. The summed E-state index contributed by atoms with van der Waals surface area (Å²) in [7, 11) is 1.47. The molecule has 1 heterocycles. The van der Waals surface area contributed by atoms with Crippen LogP contribution >= 0.6 is 34.7 Å². The first-order valence-corrected chi connectivity index (χ1v) is 9.69. The molecular weight excluding hydrogens is 391 g/mol. The molecule has 0 radical (unpaired) electrons. The third-order valence-corrected chi connectivity index (χ3v) is 5.76. The van der Waals surface area contributed by atoms with Crippen molar-refractivity contribution in [2.24, 2.45) is 0 Å². The molecule has 0 saturated heterocycles. The largest absolute Gasteiger partial charge is 0.401 e. The predicted molar refractivity (Wildman–Crippen MR) is 97.6 cm³/mol. The summed E-state index contributed by atoms with van der Waals surface area (Å²) in [6.45, 7) is 0.693. The molecule has 2 rings (SSSR count). The van der Waals surface area contributed by atoms with E-state index in [9.17, 15) is 13.2 Å². The zero-order chi connectivity index (χ0) is 18.3. The van der Waals surface area contributed by atoms with E-state index in [0.29, 0.717) is 31.2 Å². The lowest BCUT2D eigenvalue weighted by atomic mass is 10.3. The van der Waals surface area contributed by atoms with Gasteiger partial charge in [0.2, 0.25) is 0 Å². The highest BCUT2D eigenvalue weighted by Crippen LogP contribution is 2.34. The summed E-state index contributed by atoms with van der Waals surface area (Å²) in [5.74, 6) is 0. The third-order valence-electron chi connectivity index (χ3n) is 3.21. The van der Waals surface area contributed by atoms with Gasteiger partial charge in [0.25, 0.3) is 0 Å². The first kappa shape index (κ1) is 20.5. The van der Waals surface area contributed by atoms with Crippen molar-refractivity contribution < 1.29 is 13.2 Å². The summed E-state index contributed by atoms with van der Waals surface area (Å²) in [4.78, 5) is 7.65. The summed E-state index contributed by atoms with van der Waals surface area (Å²) in [6.07, 6.45) is -3.51. The molecule has 0 aliphatic rings. The SMILES string of the molecule is CN(CCCNCc1sc(Sc2ccccc2)nc1Cl)CC(F)(F)F. The van der Waals surface area contributed by atoms with E-state index in [1.54, 1.807) is 11.8 Å². The van der Waals surface area contributed by atoms with Crippen molar-refractivity contribution in [3.8, 4) is 0 Å². The summed E-state index contributed by atoms with van der Waals surface area (Å²) in [5, 5.41) is 3.68. The number of thiazole rings is 1. The first-order chi connectivity index (χ1) is 11.8. The Hall–Kier alpha value is -0.800. The number of hydrogen-bond acceptors (Lipinski definition) is 5. The Labute approximate surface area is 158 Å². The Morgan fingerprint density at radius 2 is 2.00 bits per heavy atom. The molecule has 0 fully saturated rings. The monoisotopic (exact) mass is 409 g/mol. The van der Waals surface area contributed by atoms with Crippen molar-refractivity contribution in [1.29, 1.82) is 0 Å². The molecule has 0 bridgehead atoms. The maximum atomic E-state index is 12.2. The number of alkyl halides is 3. The van der Waals surface area contributed by atoms with Crippen LogP contribution in [0.3, 0.4) is 0 Å². The first-order valence-electron chi connectivity index (χ1n) is 7.67. The van der Waals surface area contributed by atoms with Crippen LogP contribution in [-0.4, -0.2) is 42.7 Å². The van der Waals surface area contributed by atoms with Gasteiger partial charge < -0.3 is 5.32 Å². The lowest BCUT2D eigenvalue weighted by Crippen LogP contribution is -2.32. The Bertz CT molecular complexity index is 650. The summed E-state index contributed by atoms with van der Waals surface area (Å²) < 4.78 is 37.6. The summed E-state index contributed by atoms with van der Waals surface area (Å²) in [6, 6.07) is 9.91. The molecule has 25 heavy (non-hydrogen) atoms. The second-order valence-electron chi connectivity index (χ2n) is 5.49. The number of rotatable bonds is 9. The Balaban J connectivity index is 1.71. The van der Waals surface area contributed by atoms with Gasteiger partial charge in [-0.25, -0.2) is 4.98 Å². The number of halogens is 4. The van der Waals surface area contributed by atoms with Crippen molar-refractivity contribution in [1.82, 2.24) is 15.2 Å². The topological polar surface area (TPSA) is 28.2 Å². The van der Waals surface area contributed by atoms with E-state index in [1.165, 1.54) is 23.3 Å². The second-order valence-corrected chi connectivity index (χ2v) is 8.25. The highest BCUT2D eigenvalue weighted by Gasteiger charge is 2.28.